The summed E-state index contributed by atoms with van der Waals surface area (Å²) in [5, 5.41) is 18.6. The highest BCUT2D eigenvalue weighted by molar-refractivity contribution is 5.74. The van der Waals surface area contributed by atoms with Crippen LogP contribution in [-0.2, 0) is 20.6 Å². The smallest absolute Gasteiger partial charge is 0.317 e. The lowest BCUT2D eigenvalue weighted by Crippen LogP contribution is -2.51. The maximum absolute atomic E-state index is 12.1. The number of tetrazole rings is 1. The lowest BCUT2D eigenvalue weighted by molar-refractivity contribution is 0.193. The van der Waals surface area contributed by atoms with Gasteiger partial charge in [0.1, 0.15) is 0 Å². The van der Waals surface area contributed by atoms with Crippen LogP contribution < -0.4 is 10.2 Å². The Kier molecular flexibility index (Phi) is 3.90. The number of hydrogen-bond donors (Lipinski definition) is 1. The molecule has 3 rings (SSSR count). The number of amides is 2. The fourth-order valence-electron chi connectivity index (χ4n) is 2.40. The number of hydrogen-bond acceptors (Lipinski definition) is 6. The zero-order valence-corrected chi connectivity index (χ0v) is 12.7. The lowest BCUT2D eigenvalue weighted by atomic mass is 10.3. The standard InChI is InChI=1S/C12H19N9O/c1-18-9-10(7-14-18)20-3-5-21(6-4-20)12(22)13-8-11-15-17-19(2)16-11/h7,9H,3-6,8H2,1-2H3,(H,13,22). The average molecular weight is 305 g/mol. The zero-order valence-electron chi connectivity index (χ0n) is 12.7. The average Bonchev–Trinajstić information content (AvgIpc) is 3.13. The summed E-state index contributed by atoms with van der Waals surface area (Å²) in [4.78, 5) is 17.5. The van der Waals surface area contributed by atoms with Crippen LogP contribution in [-0.4, -0.2) is 67.1 Å². The summed E-state index contributed by atoms with van der Waals surface area (Å²) in [5.74, 6) is 0.504. The third-order valence-electron chi connectivity index (χ3n) is 3.57. The van der Waals surface area contributed by atoms with Gasteiger partial charge >= 0.3 is 6.03 Å². The molecule has 2 aromatic heterocycles. The molecule has 1 aliphatic rings. The molecule has 0 unspecified atom stereocenters. The fourth-order valence-corrected chi connectivity index (χ4v) is 2.40. The molecule has 2 aromatic rings. The second-order valence-electron chi connectivity index (χ2n) is 5.20. The molecular weight excluding hydrogens is 286 g/mol. The zero-order chi connectivity index (χ0) is 15.5. The predicted molar refractivity (Wildman–Crippen MR) is 78.0 cm³/mol. The second-order valence-corrected chi connectivity index (χ2v) is 5.20. The van der Waals surface area contributed by atoms with E-state index >= 15 is 0 Å². The van der Waals surface area contributed by atoms with E-state index in [4.69, 9.17) is 0 Å². The van der Waals surface area contributed by atoms with E-state index in [0.29, 0.717) is 18.9 Å². The highest BCUT2D eigenvalue weighted by atomic mass is 16.2. The van der Waals surface area contributed by atoms with Gasteiger partial charge in [0.15, 0.2) is 5.82 Å². The summed E-state index contributed by atoms with van der Waals surface area (Å²) in [6.45, 7) is 3.23. The Morgan fingerprint density at radius 2 is 2.05 bits per heavy atom. The van der Waals surface area contributed by atoms with Gasteiger partial charge in [0.05, 0.1) is 25.5 Å². The van der Waals surface area contributed by atoms with Crippen LogP contribution in [0, 0.1) is 0 Å². The van der Waals surface area contributed by atoms with Crippen molar-refractivity contribution in [1.82, 2.24) is 40.2 Å². The van der Waals surface area contributed by atoms with E-state index in [1.54, 1.807) is 16.6 Å². The van der Waals surface area contributed by atoms with Crippen molar-refractivity contribution in [3.05, 3.63) is 18.2 Å². The van der Waals surface area contributed by atoms with Gasteiger partial charge < -0.3 is 15.1 Å². The molecular formula is C12H19N9O. The molecule has 0 spiro atoms. The minimum absolute atomic E-state index is 0.0988. The van der Waals surface area contributed by atoms with Crippen molar-refractivity contribution in [3.63, 3.8) is 0 Å². The topological polar surface area (TPSA) is 97.0 Å². The Morgan fingerprint density at radius 3 is 2.64 bits per heavy atom. The first-order chi connectivity index (χ1) is 10.6. The molecule has 3 heterocycles. The number of anilines is 1. The molecule has 0 aromatic carbocycles. The van der Waals surface area contributed by atoms with E-state index in [0.717, 1.165) is 18.8 Å². The molecule has 10 heteroatoms. The van der Waals surface area contributed by atoms with Crippen LogP contribution in [0.25, 0.3) is 0 Å². The number of aromatic nitrogens is 6. The molecule has 0 radical (unpaired) electrons. The van der Waals surface area contributed by atoms with E-state index in [9.17, 15) is 4.79 Å². The Morgan fingerprint density at radius 1 is 1.27 bits per heavy atom. The summed E-state index contributed by atoms with van der Waals surface area (Å²) < 4.78 is 1.78. The first-order valence-electron chi connectivity index (χ1n) is 7.11. The SMILES string of the molecule is Cn1cc(N2CCN(C(=O)NCc3nnn(C)n3)CC2)cn1. The number of carbonyl (C=O) groups excluding carboxylic acids is 1. The van der Waals surface area contributed by atoms with Crippen molar-refractivity contribution in [2.75, 3.05) is 31.1 Å². The van der Waals surface area contributed by atoms with E-state index < -0.39 is 0 Å². The lowest BCUT2D eigenvalue weighted by Gasteiger charge is -2.35. The van der Waals surface area contributed by atoms with Crippen molar-refractivity contribution in [2.24, 2.45) is 14.1 Å². The van der Waals surface area contributed by atoms with E-state index in [2.05, 4.69) is 30.7 Å². The Labute approximate surface area is 127 Å². The number of urea groups is 1. The normalized spacial score (nSPS) is 15.2. The molecule has 1 fully saturated rings. The van der Waals surface area contributed by atoms with Crippen molar-refractivity contribution in [1.29, 1.82) is 0 Å². The van der Waals surface area contributed by atoms with Gasteiger partial charge in [-0.25, -0.2) is 4.79 Å². The van der Waals surface area contributed by atoms with Crippen LogP contribution in [0.15, 0.2) is 12.4 Å². The summed E-state index contributed by atoms with van der Waals surface area (Å²) in [5.41, 5.74) is 1.09. The number of piperazine rings is 1. The Balaban J connectivity index is 1.47. The van der Waals surface area contributed by atoms with E-state index in [-0.39, 0.29) is 12.6 Å². The minimum Gasteiger partial charge on any atom is -0.365 e. The molecule has 0 atom stereocenters. The highest BCUT2D eigenvalue weighted by Crippen LogP contribution is 2.14. The number of aryl methyl sites for hydroxylation is 2. The molecule has 118 valence electrons. The summed E-state index contributed by atoms with van der Waals surface area (Å²) in [6.07, 6.45) is 3.82. The van der Waals surface area contributed by atoms with Gasteiger partial charge in [-0.2, -0.15) is 9.90 Å². The number of rotatable bonds is 3. The van der Waals surface area contributed by atoms with Crippen molar-refractivity contribution in [2.45, 2.75) is 6.54 Å². The van der Waals surface area contributed by atoms with Crippen LogP contribution in [0.1, 0.15) is 5.82 Å². The summed E-state index contributed by atoms with van der Waals surface area (Å²) in [6, 6.07) is -0.0988. The molecule has 1 aliphatic heterocycles. The summed E-state index contributed by atoms with van der Waals surface area (Å²) in [7, 11) is 3.59. The first kappa shape index (κ1) is 14.3. The molecule has 0 aliphatic carbocycles. The van der Waals surface area contributed by atoms with Crippen molar-refractivity contribution < 1.29 is 4.79 Å². The Bertz CT molecular complexity index is 641. The van der Waals surface area contributed by atoms with Gasteiger partial charge in [-0.1, -0.05) is 0 Å². The van der Waals surface area contributed by atoms with E-state index in [1.165, 1.54) is 4.80 Å². The molecule has 1 N–H and O–H groups in total. The van der Waals surface area contributed by atoms with Gasteiger partial charge in [-0.05, 0) is 5.21 Å². The fraction of sp³-hybridized carbons (Fsp3) is 0.583. The molecule has 2 amide bonds. The third-order valence-corrected chi connectivity index (χ3v) is 3.57. The van der Waals surface area contributed by atoms with Gasteiger partial charge in [-0.3, -0.25) is 4.68 Å². The molecule has 22 heavy (non-hydrogen) atoms. The quantitative estimate of drug-likeness (QED) is 0.779. The van der Waals surface area contributed by atoms with E-state index in [1.807, 2.05) is 19.4 Å². The number of nitrogens with zero attached hydrogens (tertiary/aromatic N) is 8. The van der Waals surface area contributed by atoms with Crippen molar-refractivity contribution in [3.8, 4) is 0 Å². The summed E-state index contributed by atoms with van der Waals surface area (Å²) >= 11 is 0. The van der Waals surface area contributed by atoms with Crippen LogP contribution in [0.2, 0.25) is 0 Å². The van der Waals surface area contributed by atoms with Gasteiger partial charge in [0, 0.05) is 39.4 Å². The molecule has 1 saturated heterocycles. The Hall–Kier alpha value is -2.65. The van der Waals surface area contributed by atoms with Gasteiger partial charge in [0.25, 0.3) is 0 Å². The maximum atomic E-state index is 12.1. The monoisotopic (exact) mass is 305 g/mol. The van der Waals surface area contributed by atoms with Gasteiger partial charge in [0.2, 0.25) is 0 Å². The number of carbonyl (C=O) groups is 1. The minimum atomic E-state index is -0.0988. The third kappa shape index (κ3) is 3.15. The van der Waals surface area contributed by atoms with Crippen LogP contribution in [0.3, 0.4) is 0 Å². The first-order valence-corrected chi connectivity index (χ1v) is 7.11. The van der Waals surface area contributed by atoms with Crippen LogP contribution in [0.5, 0.6) is 0 Å². The van der Waals surface area contributed by atoms with Crippen molar-refractivity contribution >= 4 is 11.7 Å². The molecule has 0 bridgehead atoms. The number of nitrogens with one attached hydrogen (secondary N) is 1. The van der Waals surface area contributed by atoms with Gasteiger partial charge in [-0.15, -0.1) is 10.2 Å². The molecule has 10 nitrogen and oxygen atoms in total. The second kappa shape index (κ2) is 6.00. The largest absolute Gasteiger partial charge is 0.365 e. The van der Waals surface area contributed by atoms with Crippen LogP contribution in [0.4, 0.5) is 10.5 Å². The highest BCUT2D eigenvalue weighted by Gasteiger charge is 2.21. The predicted octanol–water partition coefficient (Wildman–Crippen LogP) is -1.02. The molecule has 0 saturated carbocycles. The van der Waals surface area contributed by atoms with Crippen LogP contribution >= 0.6 is 0 Å². The maximum Gasteiger partial charge on any atom is 0.317 e.